The maximum absolute atomic E-state index is 2.39. The molecular formula is C38H34BLiP2. The summed E-state index contributed by atoms with van der Waals surface area (Å²) in [5, 5.41) is 5.76. The maximum atomic E-state index is 2.39. The van der Waals surface area contributed by atoms with Crippen LogP contribution in [0.15, 0.2) is 182 Å². The molecule has 6 aromatic rings. The third kappa shape index (κ3) is 6.90. The van der Waals surface area contributed by atoms with Crippen LogP contribution in [0.1, 0.15) is 0 Å². The van der Waals surface area contributed by atoms with Gasteiger partial charge in [-0.3, -0.25) is 0 Å². The molecular weight excluding hydrogens is 536 g/mol. The molecule has 0 nitrogen and oxygen atoms in total. The Balaban J connectivity index is 0.00000353. The number of hydrogen-bond donors (Lipinski definition) is 0. The van der Waals surface area contributed by atoms with Crippen molar-refractivity contribution in [2.24, 2.45) is 0 Å². The molecule has 0 aliphatic carbocycles. The van der Waals surface area contributed by atoms with Crippen LogP contribution in [0.25, 0.3) is 0 Å². The molecule has 0 fully saturated rings. The van der Waals surface area contributed by atoms with Gasteiger partial charge in [-0.05, 0) is 21.2 Å². The average molecular weight is 570 g/mol. The Kier molecular flexibility index (Phi) is 10.7. The van der Waals surface area contributed by atoms with Gasteiger partial charge in [-0.1, -0.05) is 198 Å². The summed E-state index contributed by atoms with van der Waals surface area (Å²) in [7, 11) is -1.23. The van der Waals surface area contributed by atoms with Crippen molar-refractivity contribution in [3.63, 3.8) is 0 Å². The van der Waals surface area contributed by atoms with Crippen LogP contribution in [0.2, 0.25) is 0 Å². The maximum Gasteiger partial charge on any atom is 1.00 e. The molecule has 0 atom stereocenters. The molecule has 0 unspecified atom stereocenters. The van der Waals surface area contributed by atoms with Gasteiger partial charge in [0.05, 0.1) is 6.15 Å². The fourth-order valence-electron chi connectivity index (χ4n) is 6.09. The van der Waals surface area contributed by atoms with Crippen molar-refractivity contribution in [2.45, 2.75) is 0 Å². The van der Waals surface area contributed by atoms with E-state index in [4.69, 9.17) is 0 Å². The molecule has 42 heavy (non-hydrogen) atoms. The predicted octanol–water partition coefficient (Wildman–Crippen LogP) is 3.60. The van der Waals surface area contributed by atoms with Crippen LogP contribution < -0.4 is 51.0 Å². The molecule has 0 aromatic heterocycles. The van der Waals surface area contributed by atoms with Crippen molar-refractivity contribution in [1.82, 2.24) is 0 Å². The van der Waals surface area contributed by atoms with Crippen LogP contribution in [0.4, 0.5) is 0 Å². The van der Waals surface area contributed by atoms with Crippen molar-refractivity contribution in [2.75, 3.05) is 12.1 Å². The van der Waals surface area contributed by atoms with E-state index in [-0.39, 0.29) is 18.9 Å². The number of hydrogen-bond acceptors (Lipinski definition) is 0. The van der Waals surface area contributed by atoms with E-state index in [1.165, 1.54) is 32.1 Å². The zero-order valence-electron chi connectivity index (χ0n) is 24.2. The molecule has 0 N–H and O–H groups in total. The van der Waals surface area contributed by atoms with E-state index in [2.05, 4.69) is 182 Å². The zero-order chi connectivity index (χ0) is 27.7. The number of rotatable bonds is 10. The molecule has 0 aliphatic heterocycles. The van der Waals surface area contributed by atoms with Gasteiger partial charge in [0.15, 0.2) is 0 Å². The van der Waals surface area contributed by atoms with Gasteiger partial charge in [0.25, 0.3) is 0 Å². The third-order valence-electron chi connectivity index (χ3n) is 8.14. The Labute approximate surface area is 265 Å². The van der Waals surface area contributed by atoms with Gasteiger partial charge in [-0.25, -0.2) is 10.9 Å². The van der Waals surface area contributed by atoms with Crippen LogP contribution in [0, 0.1) is 0 Å². The summed E-state index contributed by atoms with van der Waals surface area (Å²) in [6.07, 6.45) is -1.16. The smallest absolute Gasteiger partial charge is 0.204 e. The second-order valence-corrected chi connectivity index (χ2v) is 15.1. The summed E-state index contributed by atoms with van der Waals surface area (Å²) >= 11 is 0. The van der Waals surface area contributed by atoms with Gasteiger partial charge in [0.1, 0.15) is 0 Å². The molecule has 200 valence electrons. The van der Waals surface area contributed by atoms with Gasteiger partial charge in [-0.2, -0.15) is 0 Å². The minimum absolute atomic E-state index is 0. The van der Waals surface area contributed by atoms with E-state index in [1.54, 1.807) is 0 Å². The molecule has 0 heterocycles. The Morgan fingerprint density at radius 2 is 0.524 bits per heavy atom. The Hall–Kier alpha value is -3.16. The fraction of sp³-hybridized carbons (Fsp3) is 0.0526. The molecule has 4 heteroatoms. The first-order valence-corrected chi connectivity index (χ1v) is 17.4. The van der Waals surface area contributed by atoms with Crippen LogP contribution >= 0.6 is 15.8 Å². The summed E-state index contributed by atoms with van der Waals surface area (Å²) < 4.78 is 0. The topological polar surface area (TPSA) is 0 Å². The van der Waals surface area contributed by atoms with Crippen molar-refractivity contribution < 1.29 is 18.9 Å². The van der Waals surface area contributed by atoms with E-state index < -0.39 is 22.0 Å². The minimum Gasteiger partial charge on any atom is -0.204 e. The van der Waals surface area contributed by atoms with Gasteiger partial charge in [0, 0.05) is 0 Å². The SMILES string of the molecule is [Li+].c1ccc(P(C[B-](CP(c2ccccc2)c2ccccc2)(c2ccccc2)c2ccccc2)c2ccccc2)cc1. The van der Waals surface area contributed by atoms with E-state index in [0.29, 0.717) is 0 Å². The van der Waals surface area contributed by atoms with Crippen molar-refractivity contribution in [1.29, 1.82) is 0 Å². The molecule has 6 rings (SSSR count). The summed E-state index contributed by atoms with van der Waals surface area (Å²) in [5.74, 6) is 0. The normalized spacial score (nSPS) is 11.3. The summed E-state index contributed by atoms with van der Waals surface area (Å²) in [4.78, 5) is 0. The second kappa shape index (κ2) is 14.8. The second-order valence-electron chi connectivity index (χ2n) is 10.6. The van der Waals surface area contributed by atoms with Gasteiger partial charge in [-0.15, -0.1) is 12.1 Å². The zero-order valence-corrected chi connectivity index (χ0v) is 26.0. The first-order chi connectivity index (χ1) is 20.3. The van der Waals surface area contributed by atoms with Crippen LogP contribution in [-0.4, -0.2) is 18.3 Å². The van der Waals surface area contributed by atoms with E-state index >= 15 is 0 Å². The molecule has 0 amide bonds. The predicted molar refractivity (Wildman–Crippen MR) is 186 cm³/mol. The Morgan fingerprint density at radius 1 is 0.310 bits per heavy atom. The van der Waals surface area contributed by atoms with E-state index in [1.807, 2.05) is 0 Å². The quantitative estimate of drug-likeness (QED) is 0.175. The van der Waals surface area contributed by atoms with Crippen LogP contribution in [0.3, 0.4) is 0 Å². The first-order valence-electron chi connectivity index (χ1n) is 14.4. The molecule has 0 spiro atoms. The number of benzene rings is 6. The van der Waals surface area contributed by atoms with Gasteiger partial charge >= 0.3 is 18.9 Å². The van der Waals surface area contributed by atoms with Gasteiger partial charge < -0.3 is 0 Å². The third-order valence-corrected chi connectivity index (χ3v) is 13.8. The molecule has 0 aliphatic rings. The van der Waals surface area contributed by atoms with E-state index in [9.17, 15) is 0 Å². The van der Waals surface area contributed by atoms with Crippen molar-refractivity contribution in [3.05, 3.63) is 182 Å². The molecule has 0 radical (unpaired) electrons. The molecule has 6 aromatic carbocycles. The fourth-order valence-corrected chi connectivity index (χ4v) is 12.2. The van der Waals surface area contributed by atoms with E-state index in [0.717, 1.165) is 12.1 Å². The van der Waals surface area contributed by atoms with Crippen LogP contribution in [-0.2, 0) is 0 Å². The standard InChI is InChI=1S/C38H34BP2.Li/c1-7-19-33(20-8-1)39(34-21-9-2-10-22-34,31-40(35-23-11-3-12-24-35)36-25-13-4-14-26-36)32-41(37-27-15-5-16-28-37)38-29-17-6-18-30-38;/h1-30H,31-32H2;/q-1;+1. The minimum atomic E-state index is -1.16. The summed E-state index contributed by atoms with van der Waals surface area (Å²) in [5.41, 5.74) is 2.91. The largest absolute Gasteiger partial charge is 1.00 e. The van der Waals surface area contributed by atoms with Gasteiger partial charge in [0.2, 0.25) is 0 Å². The Morgan fingerprint density at radius 3 is 0.762 bits per heavy atom. The first kappa shape index (κ1) is 30.3. The van der Waals surface area contributed by atoms with Crippen molar-refractivity contribution >= 4 is 54.1 Å². The Bertz CT molecular complexity index is 1410. The van der Waals surface area contributed by atoms with Crippen LogP contribution in [0.5, 0.6) is 0 Å². The average Bonchev–Trinajstić information content (AvgIpc) is 3.07. The monoisotopic (exact) mass is 570 g/mol. The molecule has 0 saturated carbocycles. The summed E-state index contributed by atoms with van der Waals surface area (Å²) in [6, 6.07) is 69.9. The molecule has 0 bridgehead atoms. The molecule has 0 saturated heterocycles. The van der Waals surface area contributed by atoms with Crippen molar-refractivity contribution in [3.8, 4) is 0 Å². The summed E-state index contributed by atoms with van der Waals surface area (Å²) in [6.45, 7) is 0.